The van der Waals surface area contributed by atoms with Crippen molar-refractivity contribution in [1.29, 1.82) is 0 Å². The van der Waals surface area contributed by atoms with E-state index < -0.39 is 0 Å². The van der Waals surface area contributed by atoms with Gasteiger partial charge in [0.2, 0.25) is 5.91 Å². The number of hydrogen-bond donors (Lipinski definition) is 2. The lowest BCUT2D eigenvalue weighted by Crippen LogP contribution is -2.21. The van der Waals surface area contributed by atoms with Crippen LogP contribution in [0.15, 0.2) is 36.4 Å². The average molecular weight is 351 g/mol. The molecule has 0 spiro atoms. The third-order valence-electron chi connectivity index (χ3n) is 3.53. The molecule has 0 aliphatic rings. The molecule has 2 N–H and O–H groups in total. The van der Waals surface area contributed by atoms with Crippen molar-refractivity contribution >= 4 is 23.2 Å². The van der Waals surface area contributed by atoms with E-state index in [1.165, 1.54) is 19.2 Å². The first kappa shape index (κ1) is 18.2. The second-order valence-corrected chi connectivity index (χ2v) is 5.81. The maximum absolute atomic E-state index is 12.8. The Bertz CT molecular complexity index is 705. The van der Waals surface area contributed by atoms with Gasteiger partial charge in [0.05, 0.1) is 12.8 Å². The zero-order chi connectivity index (χ0) is 17.5. The van der Waals surface area contributed by atoms with Crippen molar-refractivity contribution in [2.75, 3.05) is 19.0 Å². The number of nitrogens with one attached hydrogen (secondary N) is 2. The van der Waals surface area contributed by atoms with Gasteiger partial charge in [-0.25, -0.2) is 4.39 Å². The van der Waals surface area contributed by atoms with Gasteiger partial charge in [-0.2, -0.15) is 0 Å². The monoisotopic (exact) mass is 350 g/mol. The van der Waals surface area contributed by atoms with E-state index in [1.807, 2.05) is 6.92 Å². The summed E-state index contributed by atoms with van der Waals surface area (Å²) < 4.78 is 18.0. The minimum atomic E-state index is -0.259. The summed E-state index contributed by atoms with van der Waals surface area (Å²) in [6.07, 6.45) is 0.312. The van der Waals surface area contributed by atoms with Crippen LogP contribution in [-0.2, 0) is 11.3 Å². The molecule has 0 fully saturated rings. The van der Waals surface area contributed by atoms with Crippen molar-refractivity contribution in [1.82, 2.24) is 5.32 Å². The number of methoxy groups -OCH3 is 1. The van der Waals surface area contributed by atoms with Crippen molar-refractivity contribution in [3.8, 4) is 5.75 Å². The number of carbonyl (C=O) groups is 1. The molecule has 0 aromatic heterocycles. The molecule has 128 valence electrons. The number of hydrogen-bond acceptors (Lipinski definition) is 3. The Morgan fingerprint density at radius 2 is 1.96 bits per heavy atom. The molecule has 0 heterocycles. The molecule has 0 radical (unpaired) electrons. The van der Waals surface area contributed by atoms with Crippen LogP contribution in [0, 0.1) is 12.7 Å². The number of benzene rings is 2. The van der Waals surface area contributed by atoms with Gasteiger partial charge in [0.25, 0.3) is 0 Å². The SMILES string of the molecule is COc1cc(Cl)c(C)cc1NC(=O)CCNCc1ccc(F)cc1. The average Bonchev–Trinajstić information content (AvgIpc) is 2.56. The third-order valence-corrected chi connectivity index (χ3v) is 3.93. The minimum Gasteiger partial charge on any atom is -0.495 e. The minimum absolute atomic E-state index is 0.123. The van der Waals surface area contributed by atoms with Crippen LogP contribution in [-0.4, -0.2) is 19.6 Å². The molecule has 1 amide bonds. The van der Waals surface area contributed by atoms with Gasteiger partial charge in [0, 0.05) is 30.6 Å². The number of rotatable bonds is 7. The summed E-state index contributed by atoms with van der Waals surface area (Å²) in [7, 11) is 1.53. The number of aryl methyl sites for hydroxylation is 1. The van der Waals surface area contributed by atoms with Crippen LogP contribution in [0.3, 0.4) is 0 Å². The number of ether oxygens (including phenoxy) is 1. The Hall–Kier alpha value is -2.11. The number of amides is 1. The van der Waals surface area contributed by atoms with Crippen LogP contribution in [0.25, 0.3) is 0 Å². The molecule has 6 heteroatoms. The van der Waals surface area contributed by atoms with E-state index in [-0.39, 0.29) is 11.7 Å². The highest BCUT2D eigenvalue weighted by Crippen LogP contribution is 2.30. The number of anilines is 1. The molecular weight excluding hydrogens is 331 g/mol. The zero-order valence-corrected chi connectivity index (χ0v) is 14.4. The zero-order valence-electron chi connectivity index (χ0n) is 13.7. The van der Waals surface area contributed by atoms with E-state index in [9.17, 15) is 9.18 Å². The van der Waals surface area contributed by atoms with Crippen molar-refractivity contribution < 1.29 is 13.9 Å². The van der Waals surface area contributed by atoms with Crippen LogP contribution in [0.1, 0.15) is 17.5 Å². The molecule has 0 bridgehead atoms. The summed E-state index contributed by atoms with van der Waals surface area (Å²) in [5.74, 6) is 0.144. The lowest BCUT2D eigenvalue weighted by atomic mass is 10.2. The summed E-state index contributed by atoms with van der Waals surface area (Å²) in [6, 6.07) is 9.72. The fraction of sp³-hybridized carbons (Fsp3) is 0.278. The summed E-state index contributed by atoms with van der Waals surface area (Å²) in [6.45, 7) is 2.96. The quantitative estimate of drug-likeness (QED) is 0.744. The largest absolute Gasteiger partial charge is 0.495 e. The van der Waals surface area contributed by atoms with E-state index in [0.29, 0.717) is 36.0 Å². The molecule has 24 heavy (non-hydrogen) atoms. The summed E-state index contributed by atoms with van der Waals surface area (Å²) in [4.78, 5) is 12.0. The van der Waals surface area contributed by atoms with Crippen LogP contribution < -0.4 is 15.4 Å². The highest BCUT2D eigenvalue weighted by Gasteiger charge is 2.10. The first-order chi connectivity index (χ1) is 11.5. The first-order valence-corrected chi connectivity index (χ1v) is 7.96. The topological polar surface area (TPSA) is 50.4 Å². The fourth-order valence-corrected chi connectivity index (χ4v) is 2.33. The molecule has 0 saturated carbocycles. The van der Waals surface area contributed by atoms with Gasteiger partial charge in [-0.05, 0) is 36.2 Å². The lowest BCUT2D eigenvalue weighted by molar-refractivity contribution is -0.116. The van der Waals surface area contributed by atoms with Crippen LogP contribution in [0.5, 0.6) is 5.75 Å². The predicted molar refractivity (Wildman–Crippen MR) is 94.1 cm³/mol. The molecule has 4 nitrogen and oxygen atoms in total. The van der Waals surface area contributed by atoms with Gasteiger partial charge in [-0.1, -0.05) is 23.7 Å². The van der Waals surface area contributed by atoms with Crippen molar-refractivity contribution in [2.24, 2.45) is 0 Å². The highest BCUT2D eigenvalue weighted by atomic mass is 35.5. The molecule has 2 rings (SSSR count). The van der Waals surface area contributed by atoms with Crippen LogP contribution in [0.2, 0.25) is 5.02 Å². The summed E-state index contributed by atoms with van der Waals surface area (Å²) in [5.41, 5.74) is 2.43. The van der Waals surface area contributed by atoms with Crippen LogP contribution >= 0.6 is 11.6 Å². The van der Waals surface area contributed by atoms with E-state index >= 15 is 0 Å². The smallest absolute Gasteiger partial charge is 0.225 e. The molecule has 0 aliphatic heterocycles. The van der Waals surface area contributed by atoms with Crippen molar-refractivity contribution in [2.45, 2.75) is 19.9 Å². The highest BCUT2D eigenvalue weighted by molar-refractivity contribution is 6.31. The Kier molecular flexibility index (Phi) is 6.58. The molecule has 0 unspecified atom stereocenters. The van der Waals surface area contributed by atoms with Gasteiger partial charge < -0.3 is 15.4 Å². The lowest BCUT2D eigenvalue weighted by Gasteiger charge is -2.12. The molecule has 0 saturated heterocycles. The van der Waals surface area contributed by atoms with Gasteiger partial charge in [0.15, 0.2) is 0 Å². The van der Waals surface area contributed by atoms with E-state index in [2.05, 4.69) is 10.6 Å². The molecular formula is C18H20ClFN2O2. The summed E-state index contributed by atoms with van der Waals surface area (Å²) >= 11 is 6.05. The maximum Gasteiger partial charge on any atom is 0.225 e. The molecule has 0 atom stereocenters. The first-order valence-electron chi connectivity index (χ1n) is 7.58. The second kappa shape index (κ2) is 8.66. The van der Waals surface area contributed by atoms with Gasteiger partial charge in [-0.15, -0.1) is 0 Å². The Morgan fingerprint density at radius 1 is 1.25 bits per heavy atom. The predicted octanol–water partition coefficient (Wildman–Crippen LogP) is 3.91. The Balaban J connectivity index is 1.81. The van der Waals surface area contributed by atoms with Crippen molar-refractivity contribution in [3.05, 3.63) is 58.4 Å². The number of carbonyl (C=O) groups excluding carboxylic acids is 1. The third kappa shape index (κ3) is 5.22. The maximum atomic E-state index is 12.8. The van der Waals surface area contributed by atoms with Crippen LogP contribution in [0.4, 0.5) is 10.1 Å². The summed E-state index contributed by atoms with van der Waals surface area (Å²) in [5, 5.41) is 6.56. The van der Waals surface area contributed by atoms with Gasteiger partial charge >= 0.3 is 0 Å². The fourth-order valence-electron chi connectivity index (χ4n) is 2.18. The van der Waals surface area contributed by atoms with E-state index in [4.69, 9.17) is 16.3 Å². The molecule has 0 aliphatic carbocycles. The Labute approximate surface area is 146 Å². The van der Waals surface area contributed by atoms with Gasteiger partial charge in [-0.3, -0.25) is 4.79 Å². The Morgan fingerprint density at radius 3 is 2.62 bits per heavy atom. The van der Waals surface area contributed by atoms with Crippen molar-refractivity contribution in [3.63, 3.8) is 0 Å². The molecule has 2 aromatic carbocycles. The standard InChI is InChI=1S/C18H20ClFN2O2/c1-12-9-16(17(24-2)10-15(12)19)22-18(23)7-8-21-11-13-3-5-14(20)6-4-13/h3-6,9-10,21H,7-8,11H2,1-2H3,(H,22,23). The number of halogens is 2. The van der Waals surface area contributed by atoms with E-state index in [0.717, 1.165) is 11.1 Å². The normalized spacial score (nSPS) is 10.5. The second-order valence-electron chi connectivity index (χ2n) is 5.40. The van der Waals surface area contributed by atoms with E-state index in [1.54, 1.807) is 24.3 Å². The molecule has 2 aromatic rings. The van der Waals surface area contributed by atoms with Gasteiger partial charge in [0.1, 0.15) is 11.6 Å².